The maximum Gasteiger partial charge on any atom is 0.360 e. The standard InChI is InChI=1S/C28H25ClN2O5/c29-19-4-10-22(11-5-19)36-23-12-13-26-24(16-23)25(28(34)35)17-31(26,18-27(32)33)21-8-6-20(7-9-21)30-14-2-1-3-15-30/h4-13,16-17H,1-3,14-15,18H2,(H-,32,33,34,35)/p+1. The number of aliphatic carboxylic acids is 2. The number of rotatable bonds is 7. The van der Waals surface area contributed by atoms with Crippen LogP contribution in [-0.4, -0.2) is 41.8 Å². The lowest BCUT2D eigenvalue weighted by molar-refractivity contribution is -0.137. The molecule has 5 rings (SSSR count). The third-order valence-electron chi connectivity index (χ3n) is 6.73. The van der Waals surface area contributed by atoms with Crippen molar-refractivity contribution in [1.82, 2.24) is 4.48 Å². The number of benzene rings is 3. The Balaban J connectivity index is 1.56. The molecule has 1 unspecified atom stereocenters. The highest BCUT2D eigenvalue weighted by Gasteiger charge is 2.45. The Hall–Kier alpha value is -3.81. The van der Waals surface area contributed by atoms with Crippen LogP contribution in [0, 0.1) is 0 Å². The summed E-state index contributed by atoms with van der Waals surface area (Å²) in [5.74, 6) is -1.17. The smallest absolute Gasteiger partial charge is 0.360 e. The summed E-state index contributed by atoms with van der Waals surface area (Å²) in [7, 11) is 0. The molecule has 0 spiro atoms. The molecular weight excluding hydrogens is 480 g/mol. The van der Waals surface area contributed by atoms with Crippen LogP contribution in [0.25, 0.3) is 5.57 Å². The molecule has 1 fully saturated rings. The van der Waals surface area contributed by atoms with Crippen molar-refractivity contribution in [2.24, 2.45) is 0 Å². The molecule has 0 saturated carbocycles. The van der Waals surface area contributed by atoms with Gasteiger partial charge in [-0.2, -0.15) is 0 Å². The molecule has 2 heterocycles. The first-order chi connectivity index (χ1) is 17.4. The maximum absolute atomic E-state index is 12.2. The quantitative estimate of drug-likeness (QED) is 0.367. The van der Waals surface area contributed by atoms with Gasteiger partial charge in [-0.3, -0.25) is 0 Å². The normalized spacial score (nSPS) is 18.9. The van der Waals surface area contributed by atoms with Crippen LogP contribution in [0.1, 0.15) is 24.8 Å². The molecule has 2 aliphatic heterocycles. The number of nitrogens with zero attached hydrogens (tertiary/aromatic N) is 2. The van der Waals surface area contributed by atoms with E-state index in [4.69, 9.17) is 16.3 Å². The largest absolute Gasteiger partial charge is 0.477 e. The van der Waals surface area contributed by atoms with Crippen molar-refractivity contribution in [3.05, 3.63) is 83.5 Å². The second-order valence-electron chi connectivity index (χ2n) is 9.07. The van der Waals surface area contributed by atoms with Gasteiger partial charge < -0.3 is 19.8 Å². The van der Waals surface area contributed by atoms with E-state index in [2.05, 4.69) is 4.90 Å². The van der Waals surface area contributed by atoms with Crippen molar-refractivity contribution in [3.63, 3.8) is 0 Å². The van der Waals surface area contributed by atoms with Gasteiger partial charge in [-0.1, -0.05) is 11.6 Å². The molecule has 1 atom stereocenters. The topological polar surface area (TPSA) is 87.1 Å². The van der Waals surface area contributed by atoms with E-state index in [1.165, 1.54) is 12.6 Å². The zero-order chi connectivity index (χ0) is 25.3. The summed E-state index contributed by atoms with van der Waals surface area (Å²) in [6, 6.07) is 19.7. The van der Waals surface area contributed by atoms with E-state index < -0.39 is 11.9 Å². The molecule has 1 saturated heterocycles. The van der Waals surface area contributed by atoms with Gasteiger partial charge in [0.15, 0.2) is 12.2 Å². The number of hydrogen-bond acceptors (Lipinski definition) is 4. The highest BCUT2D eigenvalue weighted by atomic mass is 35.5. The van der Waals surface area contributed by atoms with Gasteiger partial charge >= 0.3 is 11.9 Å². The monoisotopic (exact) mass is 505 g/mol. The van der Waals surface area contributed by atoms with E-state index in [9.17, 15) is 19.8 Å². The van der Waals surface area contributed by atoms with E-state index in [0.717, 1.165) is 31.6 Å². The molecule has 3 aromatic carbocycles. The summed E-state index contributed by atoms with van der Waals surface area (Å²) in [6.07, 6.45) is 5.05. The molecule has 0 radical (unpaired) electrons. The highest BCUT2D eigenvalue weighted by molar-refractivity contribution is 6.30. The van der Waals surface area contributed by atoms with Crippen LogP contribution in [-0.2, 0) is 9.59 Å². The molecule has 0 aliphatic carbocycles. The second-order valence-corrected chi connectivity index (χ2v) is 9.50. The lowest BCUT2D eigenvalue weighted by atomic mass is 10.1. The fraction of sp³-hybridized carbons (Fsp3) is 0.214. The molecule has 0 amide bonds. The fourth-order valence-corrected chi connectivity index (χ4v) is 5.17. The van der Waals surface area contributed by atoms with Gasteiger partial charge in [0.25, 0.3) is 0 Å². The summed E-state index contributed by atoms with van der Waals surface area (Å²) in [5, 5.41) is 20.4. The Kier molecular flexibility index (Phi) is 6.43. The number of halogens is 1. The molecule has 36 heavy (non-hydrogen) atoms. The van der Waals surface area contributed by atoms with Gasteiger partial charge in [0, 0.05) is 42.0 Å². The summed E-state index contributed by atoms with van der Waals surface area (Å²) >= 11 is 5.95. The van der Waals surface area contributed by atoms with Crippen LogP contribution < -0.4 is 14.1 Å². The molecule has 0 bridgehead atoms. The van der Waals surface area contributed by atoms with Gasteiger partial charge in [0.1, 0.15) is 29.0 Å². The molecular formula is C28H26ClN2O5+. The molecule has 0 aromatic heterocycles. The van der Waals surface area contributed by atoms with Crippen LogP contribution in [0.2, 0.25) is 5.02 Å². The Morgan fingerprint density at radius 3 is 2.19 bits per heavy atom. The van der Waals surface area contributed by atoms with E-state index >= 15 is 0 Å². The number of piperidine rings is 1. The number of fused-ring (bicyclic) bond motifs is 1. The Morgan fingerprint density at radius 1 is 0.889 bits per heavy atom. The maximum atomic E-state index is 12.2. The minimum Gasteiger partial charge on any atom is -0.477 e. The first-order valence-corrected chi connectivity index (χ1v) is 12.2. The molecule has 8 heteroatoms. The fourth-order valence-electron chi connectivity index (χ4n) is 5.04. The Labute approximate surface area is 214 Å². The average molecular weight is 506 g/mol. The Morgan fingerprint density at radius 2 is 1.56 bits per heavy atom. The third-order valence-corrected chi connectivity index (χ3v) is 6.99. The van der Waals surface area contributed by atoms with Crippen LogP contribution >= 0.6 is 11.6 Å². The second kappa shape index (κ2) is 9.68. The van der Waals surface area contributed by atoms with Crippen LogP contribution in [0.3, 0.4) is 0 Å². The number of quaternary nitrogens is 1. The lowest BCUT2D eigenvalue weighted by Crippen LogP contribution is -2.41. The molecule has 7 nitrogen and oxygen atoms in total. The van der Waals surface area contributed by atoms with E-state index in [1.54, 1.807) is 42.5 Å². The summed E-state index contributed by atoms with van der Waals surface area (Å²) in [5.41, 5.74) is 2.80. The first-order valence-electron chi connectivity index (χ1n) is 11.9. The first kappa shape index (κ1) is 23.9. The zero-order valence-electron chi connectivity index (χ0n) is 19.6. The minimum atomic E-state index is -1.13. The minimum absolute atomic E-state index is 0.0351. The Bertz CT molecular complexity index is 1330. The molecule has 184 valence electrons. The molecule has 2 N–H and O–H groups in total. The van der Waals surface area contributed by atoms with E-state index in [-0.39, 0.29) is 16.6 Å². The van der Waals surface area contributed by atoms with Crippen molar-refractivity contribution in [2.75, 3.05) is 24.5 Å². The van der Waals surface area contributed by atoms with Crippen LogP contribution in [0.4, 0.5) is 17.1 Å². The van der Waals surface area contributed by atoms with Crippen molar-refractivity contribution in [3.8, 4) is 11.5 Å². The van der Waals surface area contributed by atoms with Crippen molar-refractivity contribution >= 4 is 46.2 Å². The lowest BCUT2D eigenvalue weighted by Gasteiger charge is -2.32. The highest BCUT2D eigenvalue weighted by Crippen LogP contribution is 2.48. The molecule has 2 aliphatic rings. The number of carboxylic acids is 2. The summed E-state index contributed by atoms with van der Waals surface area (Å²) in [4.78, 5) is 26.6. The molecule has 3 aromatic rings. The van der Waals surface area contributed by atoms with Crippen LogP contribution in [0.15, 0.2) is 72.9 Å². The van der Waals surface area contributed by atoms with E-state index in [0.29, 0.717) is 33.5 Å². The zero-order valence-corrected chi connectivity index (χ0v) is 20.3. The number of ether oxygens (including phenoxy) is 1. The number of carboxylic acid groups (broad SMARTS) is 2. The average Bonchev–Trinajstić information content (AvgIpc) is 3.20. The summed E-state index contributed by atoms with van der Waals surface area (Å²) in [6.45, 7) is 1.66. The van der Waals surface area contributed by atoms with Crippen molar-refractivity contribution in [2.45, 2.75) is 19.3 Å². The van der Waals surface area contributed by atoms with Crippen LogP contribution in [0.5, 0.6) is 11.5 Å². The van der Waals surface area contributed by atoms with Gasteiger partial charge in [-0.15, -0.1) is 0 Å². The number of carbonyl (C=O) groups is 2. The van der Waals surface area contributed by atoms with Gasteiger partial charge in [0.2, 0.25) is 0 Å². The van der Waals surface area contributed by atoms with Crippen molar-refractivity contribution < 1.29 is 24.5 Å². The van der Waals surface area contributed by atoms with Gasteiger partial charge in [-0.25, -0.2) is 14.1 Å². The predicted octanol–water partition coefficient (Wildman–Crippen LogP) is 6.29. The summed E-state index contributed by atoms with van der Waals surface area (Å²) < 4.78 is 5.69. The number of hydrogen-bond donors (Lipinski definition) is 2. The van der Waals surface area contributed by atoms with Crippen molar-refractivity contribution in [1.29, 1.82) is 0 Å². The SMILES string of the molecule is O=C(O)C[N+]1(c2ccc(N3CCCCC3)cc2)C=C(C(=O)O)c2cc(Oc3ccc(Cl)cc3)ccc21. The third kappa shape index (κ3) is 4.55. The van der Waals surface area contributed by atoms with Gasteiger partial charge in [-0.05, 0) is 67.8 Å². The number of anilines is 1. The van der Waals surface area contributed by atoms with E-state index in [1.807, 2.05) is 24.3 Å². The van der Waals surface area contributed by atoms with Gasteiger partial charge in [0.05, 0.1) is 5.56 Å². The predicted molar refractivity (Wildman–Crippen MR) is 140 cm³/mol.